The lowest BCUT2D eigenvalue weighted by Gasteiger charge is -2.22. The van der Waals surface area contributed by atoms with Gasteiger partial charge < -0.3 is 15.6 Å². The Hall–Kier alpha value is -1.54. The highest BCUT2D eigenvalue weighted by atomic mass is 35.5. The fourth-order valence-electron chi connectivity index (χ4n) is 1.36. The van der Waals surface area contributed by atoms with Crippen LogP contribution in [-0.4, -0.2) is 23.6 Å². The van der Waals surface area contributed by atoms with Gasteiger partial charge in [0.1, 0.15) is 6.04 Å². The molecule has 114 valence electrons. The summed E-state index contributed by atoms with van der Waals surface area (Å²) in [4.78, 5) is 11.0. The van der Waals surface area contributed by atoms with Crippen molar-refractivity contribution in [3.05, 3.63) is 29.3 Å². The Morgan fingerprint density at radius 1 is 1.45 bits per heavy atom. The third-order valence-corrected chi connectivity index (χ3v) is 2.37. The lowest BCUT2D eigenvalue weighted by molar-refractivity contribution is -0.174. The van der Waals surface area contributed by atoms with E-state index in [1.807, 2.05) is 0 Å². The average molecular weight is 318 g/mol. The molecule has 0 fully saturated rings. The number of phenols is 1. The summed E-state index contributed by atoms with van der Waals surface area (Å²) in [5.74, 6) is -10.6. The van der Waals surface area contributed by atoms with E-state index in [-0.39, 0.29) is 19.0 Å². The Morgan fingerprint density at radius 3 is 2.50 bits per heavy atom. The summed E-state index contributed by atoms with van der Waals surface area (Å²) in [5, 5.41) is 9.24. The molecule has 0 amide bonds. The minimum atomic E-state index is -4.18. The van der Waals surface area contributed by atoms with Crippen LogP contribution in [0.2, 0.25) is 0 Å². The molecule has 1 rings (SSSR count). The molecular weight excluding hydrogens is 306 g/mol. The predicted molar refractivity (Wildman–Crippen MR) is 63.8 cm³/mol. The molecule has 0 aliphatic heterocycles. The number of benzene rings is 1. The third kappa shape index (κ3) is 3.31. The molecule has 0 radical (unpaired) electrons. The summed E-state index contributed by atoms with van der Waals surface area (Å²) in [5.41, 5.74) is 4.33. The van der Waals surface area contributed by atoms with E-state index in [1.54, 1.807) is 0 Å². The number of phenolic OH excluding ortho intramolecular Hbond substituents is 1. The van der Waals surface area contributed by atoms with Crippen molar-refractivity contribution in [1.82, 2.24) is 0 Å². The number of halogens is 5. The Balaban J connectivity index is 0.00000361. The van der Waals surface area contributed by atoms with E-state index in [1.165, 1.54) is 6.92 Å². The second-order valence-electron chi connectivity index (χ2n) is 3.62. The number of alkyl halides is 2. The van der Waals surface area contributed by atoms with Crippen molar-refractivity contribution in [2.75, 3.05) is 6.61 Å². The zero-order valence-electron chi connectivity index (χ0n) is 10.2. The number of carbonyl (C=O) groups is 1. The fraction of sp³-hybridized carbons (Fsp3) is 0.364. The molecule has 0 spiro atoms. The maximum Gasteiger partial charge on any atom is 0.379 e. The monoisotopic (exact) mass is 317 g/mol. The molecule has 0 bridgehead atoms. The minimum absolute atomic E-state index is 0. The molecule has 4 nitrogen and oxygen atoms in total. The van der Waals surface area contributed by atoms with E-state index in [9.17, 15) is 27.5 Å². The van der Waals surface area contributed by atoms with Crippen LogP contribution in [-0.2, 0) is 9.53 Å². The third-order valence-electron chi connectivity index (χ3n) is 2.37. The molecule has 0 aliphatic rings. The van der Waals surface area contributed by atoms with Crippen LogP contribution in [0.1, 0.15) is 18.5 Å². The van der Waals surface area contributed by atoms with Crippen LogP contribution in [0, 0.1) is 11.6 Å². The topological polar surface area (TPSA) is 72.5 Å². The van der Waals surface area contributed by atoms with Crippen LogP contribution in [0.5, 0.6) is 5.75 Å². The van der Waals surface area contributed by atoms with Gasteiger partial charge in [0.2, 0.25) is 5.82 Å². The lowest BCUT2D eigenvalue weighted by Crippen LogP contribution is -2.41. The number of ether oxygens (including phenoxy) is 1. The number of carbonyl (C=O) groups excluding carboxylic acids is 1. The van der Waals surface area contributed by atoms with Gasteiger partial charge in [0.25, 0.3) is 0 Å². The highest BCUT2D eigenvalue weighted by Crippen LogP contribution is 2.36. The smallest absolute Gasteiger partial charge is 0.379 e. The molecular formula is C11H12ClF4NO3. The molecule has 1 aromatic carbocycles. The maximum absolute atomic E-state index is 13.6. The number of hydrogen-bond donors (Lipinski definition) is 2. The van der Waals surface area contributed by atoms with E-state index in [4.69, 9.17) is 5.73 Å². The van der Waals surface area contributed by atoms with Crippen molar-refractivity contribution in [2.24, 2.45) is 5.73 Å². The van der Waals surface area contributed by atoms with Gasteiger partial charge in [-0.15, -0.1) is 12.4 Å². The van der Waals surface area contributed by atoms with Gasteiger partial charge in [0.15, 0.2) is 11.6 Å². The Labute approximate surface area is 117 Å². The molecule has 20 heavy (non-hydrogen) atoms. The van der Waals surface area contributed by atoms with Crippen LogP contribution in [0.25, 0.3) is 0 Å². The van der Waals surface area contributed by atoms with Crippen molar-refractivity contribution in [2.45, 2.75) is 18.9 Å². The maximum atomic E-state index is 13.6. The lowest BCUT2D eigenvalue weighted by atomic mass is 10.00. The summed E-state index contributed by atoms with van der Waals surface area (Å²) in [7, 11) is 0. The summed E-state index contributed by atoms with van der Waals surface area (Å²) in [6, 6.07) is -1.17. The van der Waals surface area contributed by atoms with Crippen LogP contribution in [0.4, 0.5) is 17.6 Å². The van der Waals surface area contributed by atoms with E-state index in [0.717, 1.165) is 0 Å². The first-order valence-electron chi connectivity index (χ1n) is 5.20. The predicted octanol–water partition coefficient (Wildman–Crippen LogP) is 2.29. The summed E-state index contributed by atoms with van der Waals surface area (Å²) < 4.78 is 57.1. The molecule has 0 aromatic heterocycles. The number of esters is 1. The highest BCUT2D eigenvalue weighted by Gasteiger charge is 2.49. The van der Waals surface area contributed by atoms with Gasteiger partial charge in [-0.2, -0.15) is 13.2 Å². The van der Waals surface area contributed by atoms with Crippen molar-refractivity contribution >= 4 is 18.4 Å². The van der Waals surface area contributed by atoms with Crippen molar-refractivity contribution in [1.29, 1.82) is 0 Å². The van der Waals surface area contributed by atoms with Crippen molar-refractivity contribution in [3.63, 3.8) is 0 Å². The SMILES string of the molecule is CCOC(=O)C(F)(F)[C@@H](N)c1ccc(F)c(F)c1O.Cl. The number of hydrogen-bond acceptors (Lipinski definition) is 4. The van der Waals surface area contributed by atoms with E-state index in [0.29, 0.717) is 12.1 Å². The van der Waals surface area contributed by atoms with E-state index in [2.05, 4.69) is 4.74 Å². The van der Waals surface area contributed by atoms with Gasteiger partial charge in [-0.05, 0) is 13.0 Å². The molecule has 0 saturated carbocycles. The number of nitrogens with two attached hydrogens (primary N) is 1. The fourth-order valence-corrected chi connectivity index (χ4v) is 1.36. The Bertz CT molecular complexity index is 499. The molecule has 0 unspecified atom stereocenters. The van der Waals surface area contributed by atoms with Gasteiger partial charge in [-0.3, -0.25) is 0 Å². The quantitative estimate of drug-likeness (QED) is 0.660. The summed E-state index contributed by atoms with van der Waals surface area (Å²) in [6.45, 7) is 1.01. The first kappa shape index (κ1) is 18.5. The summed E-state index contributed by atoms with van der Waals surface area (Å²) >= 11 is 0. The highest BCUT2D eigenvalue weighted by molar-refractivity contribution is 5.85. The minimum Gasteiger partial charge on any atom is -0.505 e. The van der Waals surface area contributed by atoms with Gasteiger partial charge in [0, 0.05) is 5.56 Å². The average Bonchev–Trinajstić information content (AvgIpc) is 2.35. The molecule has 3 N–H and O–H groups in total. The molecule has 0 saturated heterocycles. The van der Waals surface area contributed by atoms with Gasteiger partial charge in [-0.25, -0.2) is 9.18 Å². The van der Waals surface area contributed by atoms with Crippen LogP contribution in [0.3, 0.4) is 0 Å². The summed E-state index contributed by atoms with van der Waals surface area (Å²) in [6.07, 6.45) is 0. The first-order valence-corrected chi connectivity index (χ1v) is 5.20. The van der Waals surface area contributed by atoms with Crippen LogP contribution >= 0.6 is 12.4 Å². The molecule has 1 atom stereocenters. The standard InChI is InChI=1S/C11H11F4NO3.ClH/c1-2-19-10(18)11(14,15)9(16)5-3-4-6(12)7(13)8(5)17;/h3-4,9,17H,2,16H2,1H3;1H/t9-;/m0./s1. The second kappa shape index (κ2) is 6.76. The van der Waals surface area contributed by atoms with Crippen LogP contribution < -0.4 is 5.73 Å². The van der Waals surface area contributed by atoms with E-state index >= 15 is 0 Å². The van der Waals surface area contributed by atoms with Crippen molar-refractivity contribution in [3.8, 4) is 5.75 Å². The zero-order valence-corrected chi connectivity index (χ0v) is 11.0. The van der Waals surface area contributed by atoms with Gasteiger partial charge in [-0.1, -0.05) is 6.07 Å². The molecule has 1 aromatic rings. The molecule has 0 aliphatic carbocycles. The van der Waals surface area contributed by atoms with Gasteiger partial charge in [0.05, 0.1) is 6.61 Å². The first-order chi connectivity index (χ1) is 8.73. The van der Waals surface area contributed by atoms with Gasteiger partial charge >= 0.3 is 11.9 Å². The number of aromatic hydroxyl groups is 1. The normalized spacial score (nSPS) is 12.5. The van der Waals surface area contributed by atoms with Crippen molar-refractivity contribution < 1.29 is 32.2 Å². The van der Waals surface area contributed by atoms with Crippen LogP contribution in [0.15, 0.2) is 12.1 Å². The Morgan fingerprint density at radius 2 is 2.00 bits per heavy atom. The number of rotatable bonds is 4. The molecule has 9 heteroatoms. The Kier molecular flexibility index (Phi) is 6.24. The van der Waals surface area contributed by atoms with E-state index < -0.39 is 40.9 Å². The molecule has 0 heterocycles. The largest absolute Gasteiger partial charge is 0.505 e. The zero-order chi connectivity index (χ0) is 14.8. The second-order valence-corrected chi connectivity index (χ2v) is 3.62.